The smallest absolute Gasteiger partial charge is 0.308 e. The van der Waals surface area contributed by atoms with E-state index < -0.39 is 53.4 Å². The summed E-state index contributed by atoms with van der Waals surface area (Å²) >= 11 is 1.45. The number of piperazine rings is 1. The van der Waals surface area contributed by atoms with E-state index in [2.05, 4.69) is 31.4 Å². The fourth-order valence-electron chi connectivity index (χ4n) is 5.73. The first kappa shape index (κ1) is 41.6. The second-order valence-electron chi connectivity index (χ2n) is 12.4. The molecule has 21 heteroatoms. The molecule has 13 nitrogen and oxygen atoms in total. The molecule has 1 unspecified atom stereocenters. The van der Waals surface area contributed by atoms with Crippen LogP contribution in [-0.4, -0.2) is 83.6 Å². The summed E-state index contributed by atoms with van der Waals surface area (Å²) in [5.41, 5.74) is 2.68. The lowest BCUT2D eigenvalue weighted by Gasteiger charge is -2.33. The molecule has 3 heterocycles. The molecule has 296 valence electrons. The Labute approximate surface area is 325 Å². The molecule has 2 aliphatic rings. The molecular weight excluding hydrogens is 792 g/mol. The molecule has 6 rings (SSSR count). The number of nitrogens with zero attached hydrogens (tertiary/aromatic N) is 5. The third kappa shape index (κ3) is 10.6. The third-order valence-corrected chi connectivity index (χ3v) is 9.42. The Hall–Kier alpha value is -5.57. The average Bonchev–Trinajstić information content (AvgIpc) is 3.71. The number of urea groups is 2. The van der Waals surface area contributed by atoms with Gasteiger partial charge in [0, 0.05) is 60.7 Å². The van der Waals surface area contributed by atoms with E-state index in [1.807, 2.05) is 10.3 Å². The molecule has 0 aliphatic carbocycles. The molecular formula is C35H32ClF6N9O4S. The summed E-state index contributed by atoms with van der Waals surface area (Å²) in [6.07, 6.45) is -8.07. The topological polar surface area (TPSA) is 151 Å². The fraction of sp³-hybridized carbons (Fsp3) is 0.257. The second kappa shape index (κ2) is 17.5. The number of rotatable bonds is 10. The highest BCUT2D eigenvalue weighted by molar-refractivity contribution is 7.13. The van der Waals surface area contributed by atoms with Gasteiger partial charge in [-0.05, 0) is 66.7 Å². The molecule has 56 heavy (non-hydrogen) atoms. The Kier molecular flexibility index (Phi) is 13.0. The van der Waals surface area contributed by atoms with Crippen LogP contribution < -0.4 is 26.3 Å². The van der Waals surface area contributed by atoms with Gasteiger partial charge < -0.3 is 10.6 Å². The van der Waals surface area contributed by atoms with Crippen molar-refractivity contribution < 1.29 is 45.5 Å². The zero-order valence-electron chi connectivity index (χ0n) is 28.9. The molecule has 3 aromatic carbocycles. The second-order valence-corrected chi connectivity index (χ2v) is 13.3. The molecule has 1 atom stereocenters. The van der Waals surface area contributed by atoms with Crippen molar-refractivity contribution in [1.29, 1.82) is 0 Å². The number of imide groups is 1. The number of nitrogens with one attached hydrogen (secondary N) is 4. The van der Waals surface area contributed by atoms with Crippen LogP contribution >= 0.6 is 23.7 Å². The van der Waals surface area contributed by atoms with Crippen molar-refractivity contribution >= 4 is 70.9 Å². The van der Waals surface area contributed by atoms with E-state index in [-0.39, 0.29) is 30.3 Å². The SMILES string of the molecule is Cl.O=C(CN1CCN(Cc2csc(-c3ccc(NC(=O)Nc4cccc(C(F)(F)F)c4)cc3)n2)CC1)N/N=C/C1C(=O)NC(=O)N1c1ccc(C(F)(F)F)cc1. The number of carbonyl (C=O) groups excluding carboxylic acids is 4. The predicted molar refractivity (Wildman–Crippen MR) is 198 cm³/mol. The first-order valence-corrected chi connectivity index (χ1v) is 17.4. The maximum atomic E-state index is 13.0. The van der Waals surface area contributed by atoms with Gasteiger partial charge in [0.25, 0.3) is 11.8 Å². The normalized spacial score (nSPS) is 16.8. The first-order valence-electron chi connectivity index (χ1n) is 16.5. The van der Waals surface area contributed by atoms with Crippen LogP contribution in [0.5, 0.6) is 0 Å². The number of anilines is 3. The highest BCUT2D eigenvalue weighted by Crippen LogP contribution is 2.32. The van der Waals surface area contributed by atoms with Gasteiger partial charge in [-0.3, -0.25) is 29.6 Å². The number of hydrogen-bond acceptors (Lipinski definition) is 9. The summed E-state index contributed by atoms with van der Waals surface area (Å²) in [6, 6.07) is 12.1. The van der Waals surface area contributed by atoms with Gasteiger partial charge in [0.05, 0.1) is 29.6 Å². The zero-order chi connectivity index (χ0) is 39.3. The minimum atomic E-state index is -4.57. The minimum Gasteiger partial charge on any atom is -0.308 e. The van der Waals surface area contributed by atoms with Gasteiger partial charge in [0.1, 0.15) is 5.01 Å². The van der Waals surface area contributed by atoms with E-state index in [1.54, 1.807) is 24.3 Å². The fourth-order valence-corrected chi connectivity index (χ4v) is 6.55. The molecule has 2 fully saturated rings. The molecule has 6 amide bonds. The number of thiazole rings is 1. The number of aromatic nitrogens is 1. The summed E-state index contributed by atoms with van der Waals surface area (Å²) in [4.78, 5) is 59.4. The molecule has 1 aromatic heterocycles. The monoisotopic (exact) mass is 823 g/mol. The summed E-state index contributed by atoms with van der Waals surface area (Å²) in [5.74, 6) is -1.21. The van der Waals surface area contributed by atoms with Gasteiger partial charge in [-0.15, -0.1) is 23.7 Å². The van der Waals surface area contributed by atoms with Gasteiger partial charge in [0.15, 0.2) is 6.04 Å². The molecule has 0 bridgehead atoms. The van der Waals surface area contributed by atoms with Crippen molar-refractivity contribution in [1.82, 2.24) is 25.5 Å². The molecule has 4 aromatic rings. The first-order chi connectivity index (χ1) is 26.1. The number of carbonyl (C=O) groups is 4. The summed E-state index contributed by atoms with van der Waals surface area (Å²) in [7, 11) is 0. The van der Waals surface area contributed by atoms with Gasteiger partial charge in [-0.1, -0.05) is 6.07 Å². The maximum absolute atomic E-state index is 13.0. The highest BCUT2D eigenvalue weighted by atomic mass is 35.5. The largest absolute Gasteiger partial charge is 0.416 e. The van der Waals surface area contributed by atoms with E-state index in [0.29, 0.717) is 38.4 Å². The van der Waals surface area contributed by atoms with E-state index in [4.69, 9.17) is 4.98 Å². The van der Waals surface area contributed by atoms with E-state index in [9.17, 15) is 45.5 Å². The van der Waals surface area contributed by atoms with Gasteiger partial charge in [0.2, 0.25) is 0 Å². The Morgan fingerprint density at radius 1 is 0.857 bits per heavy atom. The van der Waals surface area contributed by atoms with E-state index >= 15 is 0 Å². The van der Waals surface area contributed by atoms with Crippen molar-refractivity contribution in [2.24, 2.45) is 5.10 Å². The Balaban J connectivity index is 0.00000600. The van der Waals surface area contributed by atoms with Gasteiger partial charge in [-0.2, -0.15) is 31.4 Å². The van der Waals surface area contributed by atoms with E-state index in [1.165, 1.54) is 23.5 Å². The summed E-state index contributed by atoms with van der Waals surface area (Å²) < 4.78 is 77.7. The van der Waals surface area contributed by atoms with Crippen LogP contribution in [0.25, 0.3) is 10.6 Å². The van der Waals surface area contributed by atoms with Crippen LogP contribution in [0.1, 0.15) is 16.8 Å². The van der Waals surface area contributed by atoms with E-state index in [0.717, 1.165) is 63.8 Å². The lowest BCUT2D eigenvalue weighted by atomic mass is 10.1. The predicted octanol–water partition coefficient (Wildman–Crippen LogP) is 6.26. The number of amides is 6. The molecule has 2 saturated heterocycles. The quantitative estimate of drug-likeness (QED) is 0.0639. The molecule has 2 aliphatic heterocycles. The van der Waals surface area contributed by atoms with Crippen molar-refractivity contribution in [2.75, 3.05) is 48.3 Å². The van der Waals surface area contributed by atoms with Crippen LogP contribution in [0, 0.1) is 0 Å². The lowest BCUT2D eigenvalue weighted by molar-refractivity contribution is -0.138. The molecule has 0 saturated carbocycles. The van der Waals surface area contributed by atoms with Crippen molar-refractivity contribution in [3.8, 4) is 10.6 Å². The number of halogens is 7. The zero-order valence-corrected chi connectivity index (χ0v) is 30.5. The average molecular weight is 824 g/mol. The van der Waals surface area contributed by atoms with Crippen LogP contribution in [0.15, 0.2) is 83.3 Å². The third-order valence-electron chi connectivity index (χ3n) is 8.48. The number of alkyl halides is 6. The summed E-state index contributed by atoms with van der Waals surface area (Å²) in [6.45, 7) is 3.05. The standard InChI is InChI=1S/C35H31F6N9O4S.ClH/c36-34(37,38)22-6-10-27(11-7-22)50-28(30(52)46-33(50)54)17-42-47-29(51)19-49-14-12-48(13-15-49)18-26-20-55-31(43-26)21-4-8-24(9-5-21)44-32(53)45-25-3-1-2-23(16-25)35(39,40)41;/h1-11,16-17,20,28H,12-15,18-19H2,(H,47,51)(H2,44,45,53)(H,46,52,54);1H/b42-17+;. The van der Waals surface area contributed by atoms with Crippen LogP contribution in [0.3, 0.4) is 0 Å². The van der Waals surface area contributed by atoms with Gasteiger partial charge in [-0.25, -0.2) is 20.0 Å². The Morgan fingerprint density at radius 2 is 1.50 bits per heavy atom. The van der Waals surface area contributed by atoms with Crippen molar-refractivity contribution in [2.45, 2.75) is 24.9 Å². The molecule has 0 spiro atoms. The van der Waals surface area contributed by atoms with Crippen LogP contribution in [-0.2, 0) is 28.5 Å². The number of hydrazone groups is 1. The highest BCUT2D eigenvalue weighted by Gasteiger charge is 2.39. The van der Waals surface area contributed by atoms with Gasteiger partial charge >= 0.3 is 24.4 Å². The number of benzene rings is 3. The maximum Gasteiger partial charge on any atom is 0.416 e. The Morgan fingerprint density at radius 3 is 2.16 bits per heavy atom. The van der Waals surface area contributed by atoms with Crippen LogP contribution in [0.4, 0.5) is 53.0 Å². The lowest BCUT2D eigenvalue weighted by Crippen LogP contribution is -2.48. The van der Waals surface area contributed by atoms with Crippen molar-refractivity contribution in [3.63, 3.8) is 0 Å². The summed E-state index contributed by atoms with van der Waals surface area (Å²) in [5, 5.41) is 13.6. The Bertz CT molecular complexity index is 2070. The minimum absolute atomic E-state index is 0. The molecule has 0 radical (unpaired) electrons. The van der Waals surface area contributed by atoms with Crippen molar-refractivity contribution in [3.05, 3.63) is 95.0 Å². The number of hydrogen-bond donors (Lipinski definition) is 4. The molecule has 4 N–H and O–H groups in total. The van der Waals surface area contributed by atoms with Crippen LogP contribution in [0.2, 0.25) is 0 Å².